The molecule has 10 heteroatoms. The van der Waals surface area contributed by atoms with Crippen LogP contribution in [0.4, 0.5) is 23.7 Å². The van der Waals surface area contributed by atoms with Gasteiger partial charge < -0.3 is 20.3 Å². The number of rotatable bonds is 5. The van der Waals surface area contributed by atoms with E-state index in [0.717, 1.165) is 0 Å². The number of carbonyl (C=O) groups excluding carboxylic acids is 1. The molecule has 4 atom stereocenters. The van der Waals surface area contributed by atoms with Gasteiger partial charge in [-0.2, -0.15) is 0 Å². The van der Waals surface area contributed by atoms with Gasteiger partial charge in [0.1, 0.15) is 16.9 Å². The van der Waals surface area contributed by atoms with Crippen LogP contribution < -0.4 is 10.2 Å². The Balaban J connectivity index is 1.65. The van der Waals surface area contributed by atoms with Gasteiger partial charge in [-0.15, -0.1) is 0 Å². The minimum absolute atomic E-state index is 0.0612. The number of nitrogens with zero attached hydrogens (tertiary/aromatic N) is 1. The highest BCUT2D eigenvalue weighted by Gasteiger charge is 2.34. The first kappa shape index (κ1) is 20.8. The molecule has 1 aliphatic carbocycles. The molecule has 6 nitrogen and oxygen atoms in total. The van der Waals surface area contributed by atoms with Crippen molar-refractivity contribution in [3.8, 4) is 0 Å². The third-order valence-corrected chi connectivity index (χ3v) is 5.42. The predicted molar refractivity (Wildman–Crippen MR) is 99.2 cm³/mol. The molecule has 2 fully saturated rings. The Morgan fingerprint density at radius 1 is 1.32 bits per heavy atom. The zero-order chi connectivity index (χ0) is 20.4. The summed E-state index contributed by atoms with van der Waals surface area (Å²) in [4.78, 5) is 12.7. The van der Waals surface area contributed by atoms with Crippen LogP contribution in [0.1, 0.15) is 30.7 Å². The lowest BCUT2D eigenvalue weighted by Crippen LogP contribution is -2.36. The molecule has 1 aliphatic heterocycles. The lowest BCUT2D eigenvalue weighted by Gasteiger charge is -2.30. The van der Waals surface area contributed by atoms with Gasteiger partial charge >= 0.3 is 6.09 Å². The number of cyclic esters (lactones) is 1. The number of amides is 1. The van der Waals surface area contributed by atoms with E-state index in [2.05, 4.69) is 17.5 Å². The molecule has 0 aromatic heterocycles. The Morgan fingerprint density at radius 3 is 2.71 bits per heavy atom. The quantitative estimate of drug-likeness (QED) is 0.637. The maximum Gasteiger partial charge on any atom is 0.414 e. The third-order valence-electron chi connectivity index (χ3n) is 5.09. The molecular formula is C18H21F3N2O4S. The van der Waals surface area contributed by atoms with Crippen molar-refractivity contribution in [1.82, 2.24) is 5.32 Å². The van der Waals surface area contributed by atoms with E-state index in [1.165, 1.54) is 11.0 Å². The van der Waals surface area contributed by atoms with E-state index in [-0.39, 0.29) is 25.4 Å². The summed E-state index contributed by atoms with van der Waals surface area (Å²) in [6.45, 7) is 0.0130. The Kier molecular flexibility index (Phi) is 6.41. The molecule has 28 heavy (non-hydrogen) atoms. The van der Waals surface area contributed by atoms with Gasteiger partial charge in [0.05, 0.1) is 31.0 Å². The maximum atomic E-state index is 14.6. The fourth-order valence-electron chi connectivity index (χ4n) is 3.56. The molecule has 1 heterocycles. The summed E-state index contributed by atoms with van der Waals surface area (Å²) in [6.07, 6.45) is -4.65. The Labute approximate surface area is 165 Å². The van der Waals surface area contributed by atoms with E-state index in [9.17, 15) is 28.2 Å². The zero-order valence-electron chi connectivity index (χ0n) is 14.9. The van der Waals surface area contributed by atoms with Crippen LogP contribution >= 0.6 is 12.2 Å². The number of carbonyl (C=O) groups is 1. The number of alkyl halides is 2. The number of ether oxygens (including phenoxy) is 1. The van der Waals surface area contributed by atoms with Crippen molar-refractivity contribution >= 4 is 29.0 Å². The average molecular weight is 418 g/mol. The highest BCUT2D eigenvalue weighted by atomic mass is 32.1. The third kappa shape index (κ3) is 4.56. The lowest BCUT2D eigenvalue weighted by atomic mass is 9.81. The van der Waals surface area contributed by atoms with Crippen LogP contribution in [0.3, 0.4) is 0 Å². The molecule has 3 rings (SSSR count). The van der Waals surface area contributed by atoms with Crippen LogP contribution in [0.2, 0.25) is 0 Å². The van der Waals surface area contributed by atoms with Gasteiger partial charge in [-0.05, 0) is 42.9 Å². The smallest absolute Gasteiger partial charge is 0.414 e. The van der Waals surface area contributed by atoms with Crippen molar-refractivity contribution in [2.75, 3.05) is 18.0 Å². The van der Waals surface area contributed by atoms with E-state index in [1.54, 1.807) is 12.1 Å². The first-order chi connectivity index (χ1) is 13.3. The largest absolute Gasteiger partial charge is 0.442 e. The summed E-state index contributed by atoms with van der Waals surface area (Å²) in [7, 11) is 0. The molecule has 3 unspecified atom stereocenters. The molecule has 3 N–H and O–H groups in total. The number of benzene rings is 1. The van der Waals surface area contributed by atoms with Gasteiger partial charge in [-0.1, -0.05) is 18.3 Å². The van der Waals surface area contributed by atoms with Crippen LogP contribution in [-0.2, 0) is 4.74 Å². The summed E-state index contributed by atoms with van der Waals surface area (Å²) in [6, 6.07) is 4.36. The molecule has 0 radical (unpaired) electrons. The molecule has 1 saturated heterocycles. The van der Waals surface area contributed by atoms with Gasteiger partial charge in [-0.3, -0.25) is 4.90 Å². The minimum atomic E-state index is -2.79. The average Bonchev–Trinajstić information content (AvgIpc) is 3.02. The fraction of sp³-hybridized carbons (Fsp3) is 0.556. The van der Waals surface area contributed by atoms with Crippen LogP contribution in [0.15, 0.2) is 18.2 Å². The molecule has 0 spiro atoms. The lowest BCUT2D eigenvalue weighted by molar-refractivity contribution is -0.0152. The van der Waals surface area contributed by atoms with Gasteiger partial charge in [0.2, 0.25) is 0 Å². The minimum Gasteiger partial charge on any atom is -0.442 e. The normalized spacial score (nSPS) is 27.8. The number of anilines is 1. The van der Waals surface area contributed by atoms with Crippen molar-refractivity contribution in [2.24, 2.45) is 0 Å². The first-order valence-corrected chi connectivity index (χ1v) is 9.36. The first-order valence-electron chi connectivity index (χ1n) is 8.96. The topological polar surface area (TPSA) is 82.0 Å². The van der Waals surface area contributed by atoms with Gasteiger partial charge in [-0.25, -0.2) is 18.0 Å². The molecular weight excluding hydrogens is 397 g/mol. The second-order valence-electron chi connectivity index (χ2n) is 7.01. The summed E-state index contributed by atoms with van der Waals surface area (Å²) in [5, 5.41) is 21.8. The molecule has 154 valence electrons. The van der Waals surface area contributed by atoms with E-state index in [1.807, 2.05) is 0 Å². The van der Waals surface area contributed by atoms with Crippen molar-refractivity contribution in [3.63, 3.8) is 0 Å². The van der Waals surface area contributed by atoms with E-state index >= 15 is 0 Å². The zero-order valence-corrected chi connectivity index (χ0v) is 15.7. The summed E-state index contributed by atoms with van der Waals surface area (Å²) < 4.78 is 44.6. The van der Waals surface area contributed by atoms with Crippen molar-refractivity contribution < 1.29 is 32.9 Å². The van der Waals surface area contributed by atoms with Gasteiger partial charge in [0.15, 0.2) is 0 Å². The number of thiocarbonyl (C=S) groups is 1. The molecule has 1 amide bonds. The van der Waals surface area contributed by atoms with Gasteiger partial charge in [0, 0.05) is 0 Å². The van der Waals surface area contributed by atoms with Crippen molar-refractivity contribution in [3.05, 3.63) is 29.6 Å². The van der Waals surface area contributed by atoms with E-state index in [0.29, 0.717) is 24.1 Å². The Hall–Kier alpha value is -1.91. The van der Waals surface area contributed by atoms with Crippen LogP contribution in [0.5, 0.6) is 0 Å². The Bertz CT molecular complexity index is 752. The predicted octanol–water partition coefficient (Wildman–Crippen LogP) is 2.32. The van der Waals surface area contributed by atoms with Crippen molar-refractivity contribution in [1.29, 1.82) is 0 Å². The van der Waals surface area contributed by atoms with Crippen LogP contribution in [0, 0.1) is 5.82 Å². The standard InChI is InChI=1S/C18H21F3N2O4S/c19-13-6-10(2-3-12(13)9-1-4-14(24)15(25)5-9)23-8-11(27-18(23)26)7-22-17(28)16(20)21/h2-3,6,9,11,14-16,24-25H,1,4-5,7-8H2,(H,22,28)/t9?,11-,14?,15?/m0/s1. The molecule has 0 bridgehead atoms. The number of halogens is 3. The molecule has 1 saturated carbocycles. The van der Waals surface area contributed by atoms with Gasteiger partial charge in [0.25, 0.3) is 6.43 Å². The maximum absolute atomic E-state index is 14.6. The number of hydrogen-bond acceptors (Lipinski definition) is 5. The fourth-order valence-corrected chi connectivity index (χ4v) is 3.64. The monoisotopic (exact) mass is 418 g/mol. The number of aliphatic hydroxyl groups excluding tert-OH is 2. The number of aliphatic hydroxyl groups is 2. The van der Waals surface area contributed by atoms with E-state index < -0.39 is 41.6 Å². The van der Waals surface area contributed by atoms with E-state index in [4.69, 9.17) is 4.74 Å². The summed E-state index contributed by atoms with van der Waals surface area (Å²) in [5.41, 5.74) is 0.712. The van der Waals surface area contributed by atoms with Crippen LogP contribution in [0.25, 0.3) is 0 Å². The summed E-state index contributed by atoms with van der Waals surface area (Å²) >= 11 is 4.48. The SMILES string of the molecule is O=C1O[C@@H](CNC(=S)C(F)F)CN1c1ccc(C2CCC(O)C(O)C2)c(F)c1. The Morgan fingerprint density at radius 2 is 2.07 bits per heavy atom. The number of hydrogen-bond donors (Lipinski definition) is 3. The molecule has 1 aromatic carbocycles. The van der Waals surface area contributed by atoms with Crippen molar-refractivity contribution in [2.45, 2.75) is 49.9 Å². The van der Waals surface area contributed by atoms with Crippen LogP contribution in [-0.4, -0.2) is 59.1 Å². The number of nitrogens with one attached hydrogen (secondary N) is 1. The summed E-state index contributed by atoms with van der Waals surface area (Å²) in [5.74, 6) is -0.732. The molecule has 1 aromatic rings. The molecule has 2 aliphatic rings. The highest BCUT2D eigenvalue weighted by molar-refractivity contribution is 7.80. The second kappa shape index (κ2) is 8.62. The highest BCUT2D eigenvalue weighted by Crippen LogP contribution is 2.36. The second-order valence-corrected chi connectivity index (χ2v) is 7.45.